The van der Waals surface area contributed by atoms with Gasteiger partial charge in [0.15, 0.2) is 0 Å². The van der Waals surface area contributed by atoms with Gasteiger partial charge in [0.05, 0.1) is 11.1 Å². The van der Waals surface area contributed by atoms with Crippen LogP contribution >= 0.6 is 0 Å². The Morgan fingerprint density at radius 1 is 0.405 bits per heavy atom. The molecule has 7 aromatic carbocycles. The van der Waals surface area contributed by atoms with Crippen LogP contribution in [0.25, 0.3) is 55.0 Å². The Hall–Kier alpha value is -5.60. The number of rotatable bonds is 5. The zero-order valence-electron chi connectivity index (χ0n) is 22.9. The molecule has 0 aliphatic heterocycles. The molecule has 2 heteroatoms. The van der Waals surface area contributed by atoms with E-state index in [1.54, 1.807) is 0 Å². The number of hydrogen-bond acceptors (Lipinski definition) is 2. The third kappa shape index (κ3) is 3.96. The van der Waals surface area contributed by atoms with Gasteiger partial charge < -0.3 is 9.32 Å². The largest absolute Gasteiger partial charge is 0.455 e. The van der Waals surface area contributed by atoms with E-state index in [9.17, 15) is 0 Å². The molecule has 2 nitrogen and oxygen atoms in total. The lowest BCUT2D eigenvalue weighted by molar-refractivity contribution is 0.672. The molecule has 0 N–H and O–H groups in total. The first-order valence-electron chi connectivity index (χ1n) is 14.3. The van der Waals surface area contributed by atoms with Gasteiger partial charge in [0, 0.05) is 22.1 Å². The van der Waals surface area contributed by atoms with Crippen LogP contribution in [0.15, 0.2) is 168 Å². The van der Waals surface area contributed by atoms with Crippen LogP contribution in [0, 0.1) is 0 Å². The van der Waals surface area contributed by atoms with E-state index >= 15 is 0 Å². The van der Waals surface area contributed by atoms with E-state index in [2.05, 4.69) is 169 Å². The highest BCUT2D eigenvalue weighted by atomic mass is 16.3. The van der Waals surface area contributed by atoms with Crippen molar-refractivity contribution in [3.63, 3.8) is 0 Å². The Morgan fingerprint density at radius 2 is 0.976 bits per heavy atom. The molecule has 0 aliphatic rings. The molecule has 1 aromatic heterocycles. The first-order valence-corrected chi connectivity index (χ1v) is 14.3. The molecule has 198 valence electrons. The van der Waals surface area contributed by atoms with Crippen molar-refractivity contribution in [1.29, 1.82) is 0 Å². The Kier molecular flexibility index (Phi) is 5.82. The Labute approximate surface area is 244 Å². The van der Waals surface area contributed by atoms with Crippen molar-refractivity contribution in [2.45, 2.75) is 0 Å². The standard InChI is InChI=1S/C40H27NO/c1-4-15-28(16-5-1)31-21-10-11-22-32(31)35-27-36-39-37(41(29-17-6-2-7-18-29)30-19-8-3-9-20-30)25-14-26-38(39)42-40(36)34-24-13-12-23-33(34)35/h1-27H. The number of benzene rings is 7. The van der Waals surface area contributed by atoms with E-state index in [1.807, 2.05) is 0 Å². The zero-order chi connectivity index (χ0) is 27.9. The van der Waals surface area contributed by atoms with Gasteiger partial charge in [0.1, 0.15) is 11.2 Å². The van der Waals surface area contributed by atoms with Gasteiger partial charge in [-0.15, -0.1) is 0 Å². The lowest BCUT2D eigenvalue weighted by Crippen LogP contribution is -2.09. The highest BCUT2D eigenvalue weighted by Crippen LogP contribution is 2.47. The van der Waals surface area contributed by atoms with E-state index < -0.39 is 0 Å². The molecule has 0 atom stereocenters. The van der Waals surface area contributed by atoms with Crippen molar-refractivity contribution in [2.75, 3.05) is 4.90 Å². The van der Waals surface area contributed by atoms with Crippen LogP contribution in [0.2, 0.25) is 0 Å². The Balaban J connectivity index is 1.47. The second-order valence-corrected chi connectivity index (χ2v) is 10.5. The Morgan fingerprint density at radius 3 is 1.67 bits per heavy atom. The fraction of sp³-hybridized carbons (Fsp3) is 0. The normalized spacial score (nSPS) is 11.3. The van der Waals surface area contributed by atoms with Crippen LogP contribution < -0.4 is 4.90 Å². The summed E-state index contributed by atoms with van der Waals surface area (Å²) in [6, 6.07) is 57.8. The van der Waals surface area contributed by atoms with Gasteiger partial charge in [-0.25, -0.2) is 0 Å². The Bertz CT molecular complexity index is 2140. The molecule has 0 saturated heterocycles. The molecule has 42 heavy (non-hydrogen) atoms. The van der Waals surface area contributed by atoms with Crippen molar-refractivity contribution < 1.29 is 4.42 Å². The molecule has 0 aliphatic carbocycles. The molecule has 0 radical (unpaired) electrons. The van der Waals surface area contributed by atoms with Crippen LogP contribution in [-0.2, 0) is 0 Å². The van der Waals surface area contributed by atoms with E-state index in [4.69, 9.17) is 4.42 Å². The van der Waals surface area contributed by atoms with E-state index in [0.717, 1.165) is 44.4 Å². The topological polar surface area (TPSA) is 16.4 Å². The predicted octanol–water partition coefficient (Wildman–Crippen LogP) is 11.5. The minimum Gasteiger partial charge on any atom is -0.455 e. The van der Waals surface area contributed by atoms with Crippen LogP contribution in [0.1, 0.15) is 0 Å². The second kappa shape index (κ2) is 10.1. The predicted molar refractivity (Wildman–Crippen MR) is 177 cm³/mol. The molecule has 0 bridgehead atoms. The molecule has 1 heterocycles. The van der Waals surface area contributed by atoms with Crippen LogP contribution in [0.3, 0.4) is 0 Å². The van der Waals surface area contributed by atoms with Gasteiger partial charge in [0.25, 0.3) is 0 Å². The fourth-order valence-corrected chi connectivity index (χ4v) is 6.21. The molecule has 8 aromatic rings. The maximum Gasteiger partial charge on any atom is 0.143 e. The molecule has 0 saturated carbocycles. The van der Waals surface area contributed by atoms with Crippen molar-refractivity contribution in [3.05, 3.63) is 164 Å². The fourth-order valence-electron chi connectivity index (χ4n) is 6.21. The average Bonchev–Trinajstić information content (AvgIpc) is 3.46. The maximum absolute atomic E-state index is 6.71. The molecular formula is C40H27NO. The third-order valence-corrected chi connectivity index (χ3v) is 8.05. The first-order chi connectivity index (χ1) is 20.9. The van der Waals surface area contributed by atoms with Gasteiger partial charge in [-0.3, -0.25) is 0 Å². The lowest BCUT2D eigenvalue weighted by Gasteiger charge is -2.26. The van der Waals surface area contributed by atoms with E-state index in [0.29, 0.717) is 0 Å². The van der Waals surface area contributed by atoms with E-state index in [-0.39, 0.29) is 0 Å². The molecule has 0 unspecified atom stereocenters. The van der Waals surface area contributed by atoms with Crippen molar-refractivity contribution in [3.8, 4) is 22.3 Å². The quantitative estimate of drug-likeness (QED) is 0.217. The summed E-state index contributed by atoms with van der Waals surface area (Å²) in [5, 5.41) is 4.50. The summed E-state index contributed by atoms with van der Waals surface area (Å²) in [7, 11) is 0. The van der Waals surface area contributed by atoms with Crippen LogP contribution in [-0.4, -0.2) is 0 Å². The van der Waals surface area contributed by atoms with Gasteiger partial charge in [-0.05, 0) is 70.1 Å². The molecule has 0 spiro atoms. The van der Waals surface area contributed by atoms with Gasteiger partial charge in [-0.2, -0.15) is 0 Å². The summed E-state index contributed by atoms with van der Waals surface area (Å²) < 4.78 is 6.71. The minimum atomic E-state index is 0.873. The average molecular weight is 538 g/mol. The summed E-state index contributed by atoms with van der Waals surface area (Å²) in [6.45, 7) is 0. The molecule has 8 rings (SSSR count). The van der Waals surface area contributed by atoms with Crippen LogP contribution in [0.5, 0.6) is 0 Å². The lowest BCUT2D eigenvalue weighted by atomic mass is 9.90. The summed E-state index contributed by atoms with van der Waals surface area (Å²) in [5.41, 5.74) is 9.88. The number of para-hydroxylation sites is 2. The summed E-state index contributed by atoms with van der Waals surface area (Å²) in [4.78, 5) is 2.32. The van der Waals surface area contributed by atoms with Gasteiger partial charge in [-0.1, -0.05) is 121 Å². The monoisotopic (exact) mass is 537 g/mol. The first kappa shape index (κ1) is 24.2. The molecule has 0 amide bonds. The SMILES string of the molecule is c1ccc(-c2ccccc2-c2cc3c(oc4cccc(N(c5ccccc5)c5ccccc5)c43)c3ccccc23)cc1. The van der Waals surface area contributed by atoms with Crippen molar-refractivity contribution in [1.82, 2.24) is 0 Å². The molecule has 0 fully saturated rings. The van der Waals surface area contributed by atoms with Gasteiger partial charge >= 0.3 is 0 Å². The minimum absolute atomic E-state index is 0.873. The van der Waals surface area contributed by atoms with Crippen molar-refractivity contribution >= 4 is 49.8 Å². The maximum atomic E-state index is 6.71. The summed E-state index contributed by atoms with van der Waals surface area (Å²) >= 11 is 0. The number of fused-ring (bicyclic) bond motifs is 5. The number of nitrogens with zero attached hydrogens (tertiary/aromatic N) is 1. The van der Waals surface area contributed by atoms with Crippen molar-refractivity contribution in [2.24, 2.45) is 0 Å². The number of anilines is 3. The third-order valence-electron chi connectivity index (χ3n) is 8.05. The summed E-state index contributed by atoms with van der Waals surface area (Å²) in [5.74, 6) is 0. The molecular weight excluding hydrogens is 510 g/mol. The highest BCUT2D eigenvalue weighted by Gasteiger charge is 2.22. The highest BCUT2D eigenvalue weighted by molar-refractivity contribution is 6.23. The summed E-state index contributed by atoms with van der Waals surface area (Å²) in [6.07, 6.45) is 0. The van der Waals surface area contributed by atoms with Gasteiger partial charge in [0.2, 0.25) is 0 Å². The second-order valence-electron chi connectivity index (χ2n) is 10.5. The van der Waals surface area contributed by atoms with E-state index in [1.165, 1.54) is 27.6 Å². The number of furan rings is 1. The van der Waals surface area contributed by atoms with Crippen LogP contribution in [0.4, 0.5) is 17.1 Å². The zero-order valence-corrected chi connectivity index (χ0v) is 22.9. The smallest absolute Gasteiger partial charge is 0.143 e. The number of hydrogen-bond donors (Lipinski definition) is 0.